The van der Waals surface area contributed by atoms with Gasteiger partial charge >= 0.3 is 0 Å². The van der Waals surface area contributed by atoms with Crippen molar-refractivity contribution < 1.29 is 4.74 Å². The third kappa shape index (κ3) is 5.77. The molecule has 3 aromatic rings. The number of benzene rings is 1. The van der Waals surface area contributed by atoms with Crippen molar-refractivity contribution in [2.24, 2.45) is 12.0 Å². The van der Waals surface area contributed by atoms with Crippen molar-refractivity contribution >= 4 is 17.3 Å². The third-order valence-electron chi connectivity index (χ3n) is 4.53. The van der Waals surface area contributed by atoms with Crippen LogP contribution in [0.2, 0.25) is 0 Å². The van der Waals surface area contributed by atoms with Gasteiger partial charge in [-0.2, -0.15) is 0 Å². The van der Waals surface area contributed by atoms with Gasteiger partial charge in [-0.1, -0.05) is 19.1 Å². The average molecular weight is 414 g/mol. The van der Waals surface area contributed by atoms with Crippen molar-refractivity contribution in [1.29, 1.82) is 0 Å². The lowest BCUT2D eigenvalue weighted by Gasteiger charge is -2.12. The van der Waals surface area contributed by atoms with Gasteiger partial charge in [-0.05, 0) is 31.0 Å². The average Bonchev–Trinajstić information content (AvgIpc) is 3.34. The van der Waals surface area contributed by atoms with Crippen LogP contribution in [0.1, 0.15) is 34.0 Å². The Kier molecular flexibility index (Phi) is 7.18. The number of nitrogens with one attached hydrogen (secondary N) is 2. The van der Waals surface area contributed by atoms with E-state index in [0.29, 0.717) is 25.6 Å². The predicted octanol–water partition coefficient (Wildman–Crippen LogP) is 2.59. The monoisotopic (exact) mass is 413 g/mol. The molecule has 0 atom stereocenters. The first kappa shape index (κ1) is 20.8. The van der Waals surface area contributed by atoms with Gasteiger partial charge in [-0.15, -0.1) is 21.5 Å². The Morgan fingerprint density at radius 3 is 2.55 bits per heavy atom. The lowest BCUT2D eigenvalue weighted by Crippen LogP contribution is -2.37. The molecular weight excluding hydrogens is 386 g/mol. The Labute approximate surface area is 175 Å². The molecule has 1 aromatic carbocycles. The molecule has 3 rings (SSSR count). The zero-order chi connectivity index (χ0) is 20.6. The molecular formula is C20H27N7OS. The number of aromatic nitrogens is 4. The highest BCUT2D eigenvalue weighted by Gasteiger charge is 2.08. The van der Waals surface area contributed by atoms with Crippen molar-refractivity contribution in [2.45, 2.75) is 39.9 Å². The zero-order valence-electron chi connectivity index (χ0n) is 17.3. The van der Waals surface area contributed by atoms with Crippen molar-refractivity contribution in [1.82, 2.24) is 30.4 Å². The Morgan fingerprint density at radius 1 is 1.17 bits per heavy atom. The fraction of sp³-hybridized carbons (Fsp3) is 0.400. The highest BCUT2D eigenvalue weighted by Crippen LogP contribution is 2.13. The maximum absolute atomic E-state index is 5.21. The van der Waals surface area contributed by atoms with E-state index in [9.17, 15) is 0 Å². The molecule has 8 nitrogen and oxygen atoms in total. The molecule has 2 N–H and O–H groups in total. The Bertz CT molecular complexity index is 946. The van der Waals surface area contributed by atoms with Crippen molar-refractivity contribution in [3.05, 3.63) is 57.6 Å². The van der Waals surface area contributed by atoms with Crippen LogP contribution in [0.3, 0.4) is 0 Å². The maximum atomic E-state index is 5.21. The lowest BCUT2D eigenvalue weighted by atomic mass is 10.2. The smallest absolute Gasteiger partial charge is 0.192 e. The molecule has 0 aliphatic heterocycles. The van der Waals surface area contributed by atoms with Crippen molar-refractivity contribution in [2.75, 3.05) is 7.11 Å². The lowest BCUT2D eigenvalue weighted by molar-refractivity contribution is 0.414. The molecule has 0 spiro atoms. The van der Waals surface area contributed by atoms with E-state index in [-0.39, 0.29) is 0 Å². The van der Waals surface area contributed by atoms with Crippen LogP contribution in [0.5, 0.6) is 5.75 Å². The molecule has 0 bridgehead atoms. The number of thiazole rings is 1. The van der Waals surface area contributed by atoms with Crippen LogP contribution in [0.4, 0.5) is 0 Å². The summed E-state index contributed by atoms with van der Waals surface area (Å²) >= 11 is 1.72. The number of methoxy groups -OCH3 is 1. The van der Waals surface area contributed by atoms with Gasteiger partial charge in [0.05, 0.1) is 26.7 Å². The minimum Gasteiger partial charge on any atom is -0.497 e. The van der Waals surface area contributed by atoms with Gasteiger partial charge in [-0.25, -0.2) is 9.98 Å². The van der Waals surface area contributed by atoms with Gasteiger partial charge in [0.15, 0.2) is 11.8 Å². The first-order chi connectivity index (χ1) is 14.1. The molecule has 9 heteroatoms. The number of rotatable bonds is 8. The second kappa shape index (κ2) is 10.0. The van der Waals surface area contributed by atoms with Crippen LogP contribution in [-0.2, 0) is 33.1 Å². The largest absolute Gasteiger partial charge is 0.497 e. The van der Waals surface area contributed by atoms with Gasteiger partial charge < -0.3 is 19.9 Å². The Hall–Kier alpha value is -2.94. The molecule has 29 heavy (non-hydrogen) atoms. The first-order valence-electron chi connectivity index (χ1n) is 9.52. The summed E-state index contributed by atoms with van der Waals surface area (Å²) in [6, 6.07) is 7.91. The molecule has 2 aromatic heterocycles. The summed E-state index contributed by atoms with van der Waals surface area (Å²) < 4.78 is 7.17. The molecule has 154 valence electrons. The highest BCUT2D eigenvalue weighted by molar-refractivity contribution is 7.11. The molecule has 2 heterocycles. The van der Waals surface area contributed by atoms with E-state index in [1.165, 1.54) is 4.88 Å². The van der Waals surface area contributed by atoms with Crippen LogP contribution in [-0.4, -0.2) is 32.8 Å². The number of guanidine groups is 1. The van der Waals surface area contributed by atoms with E-state index in [4.69, 9.17) is 9.73 Å². The van der Waals surface area contributed by atoms with Crippen LogP contribution >= 0.6 is 11.3 Å². The normalized spacial score (nSPS) is 11.5. The van der Waals surface area contributed by atoms with Crippen molar-refractivity contribution in [3.63, 3.8) is 0 Å². The number of ether oxygens (including phenoxy) is 1. The first-order valence-corrected chi connectivity index (χ1v) is 10.3. The number of hydrogen-bond donors (Lipinski definition) is 2. The fourth-order valence-corrected chi connectivity index (χ4v) is 3.40. The highest BCUT2D eigenvalue weighted by atomic mass is 32.1. The second-order valence-electron chi connectivity index (χ2n) is 6.52. The van der Waals surface area contributed by atoms with E-state index >= 15 is 0 Å². The molecule has 0 radical (unpaired) electrons. The van der Waals surface area contributed by atoms with Crippen LogP contribution in [0.25, 0.3) is 0 Å². The number of aryl methyl sites for hydroxylation is 2. The number of aliphatic imine (C=N–C) groups is 1. The van der Waals surface area contributed by atoms with Gasteiger partial charge in [0.25, 0.3) is 0 Å². The molecule has 0 unspecified atom stereocenters. The summed E-state index contributed by atoms with van der Waals surface area (Å²) in [6.07, 6.45) is 2.94. The van der Waals surface area contributed by atoms with Gasteiger partial charge in [-0.3, -0.25) is 0 Å². The summed E-state index contributed by atoms with van der Waals surface area (Å²) in [5.74, 6) is 3.27. The summed E-state index contributed by atoms with van der Waals surface area (Å²) in [4.78, 5) is 10.5. The standard InChI is InChI=1S/C20H27N7OS/c1-5-17-11-21-19(29-17)13-24-20(23-12-18-26-25-14(2)27(18)3)22-10-15-6-8-16(28-4)9-7-15/h6-9,11H,5,10,12-13H2,1-4H3,(H2,22,23,24). The Balaban J connectivity index is 1.67. The van der Waals surface area contributed by atoms with E-state index in [1.54, 1.807) is 18.4 Å². The van der Waals surface area contributed by atoms with Crippen LogP contribution in [0, 0.1) is 6.92 Å². The molecule has 0 amide bonds. The Morgan fingerprint density at radius 2 is 1.93 bits per heavy atom. The minimum atomic E-state index is 0.532. The summed E-state index contributed by atoms with van der Waals surface area (Å²) in [5.41, 5.74) is 1.10. The molecule has 0 saturated carbocycles. The molecule has 0 saturated heterocycles. The SMILES string of the molecule is CCc1cnc(CNC(=NCc2ccc(OC)cc2)NCc2nnc(C)n2C)s1. The second-order valence-corrected chi connectivity index (χ2v) is 7.72. The van der Waals surface area contributed by atoms with Gasteiger partial charge in [0.1, 0.15) is 16.6 Å². The fourth-order valence-electron chi connectivity index (χ4n) is 2.60. The quantitative estimate of drug-likeness (QED) is 0.436. The van der Waals surface area contributed by atoms with E-state index in [1.807, 2.05) is 49.0 Å². The van der Waals surface area contributed by atoms with Crippen LogP contribution in [0.15, 0.2) is 35.5 Å². The van der Waals surface area contributed by atoms with Gasteiger partial charge in [0.2, 0.25) is 0 Å². The molecule has 0 fully saturated rings. The van der Waals surface area contributed by atoms with Gasteiger partial charge in [0, 0.05) is 18.1 Å². The summed E-state index contributed by atoms with van der Waals surface area (Å²) in [6.45, 7) is 5.77. The van der Waals surface area contributed by atoms with E-state index in [2.05, 4.69) is 32.7 Å². The third-order valence-corrected chi connectivity index (χ3v) is 5.67. The summed E-state index contributed by atoms with van der Waals surface area (Å²) in [7, 11) is 3.62. The minimum absolute atomic E-state index is 0.532. The maximum Gasteiger partial charge on any atom is 0.192 e. The summed E-state index contributed by atoms with van der Waals surface area (Å²) in [5, 5.41) is 16.0. The number of hydrogen-bond acceptors (Lipinski definition) is 6. The molecule has 0 aliphatic carbocycles. The van der Waals surface area contributed by atoms with Crippen LogP contribution < -0.4 is 15.4 Å². The van der Waals surface area contributed by atoms with E-state index in [0.717, 1.165) is 34.4 Å². The molecule has 0 aliphatic rings. The topological polar surface area (TPSA) is 89.2 Å². The zero-order valence-corrected chi connectivity index (χ0v) is 18.1. The number of nitrogens with zero attached hydrogens (tertiary/aromatic N) is 5. The predicted molar refractivity (Wildman–Crippen MR) is 115 cm³/mol. The van der Waals surface area contributed by atoms with Crippen molar-refractivity contribution in [3.8, 4) is 5.75 Å². The van der Waals surface area contributed by atoms with E-state index < -0.39 is 0 Å².